The first kappa shape index (κ1) is 15.4. The monoisotopic (exact) mass is 226 g/mol. The van der Waals surface area contributed by atoms with Crippen molar-refractivity contribution in [2.75, 3.05) is 14.2 Å². The lowest BCUT2D eigenvalue weighted by atomic mass is 10.1. The van der Waals surface area contributed by atoms with Gasteiger partial charge < -0.3 is 9.47 Å². The van der Waals surface area contributed by atoms with Crippen molar-refractivity contribution in [3.8, 4) is 0 Å². The first-order chi connectivity index (χ1) is 7.65. The smallest absolute Gasteiger partial charge is 0.176 e. The summed E-state index contributed by atoms with van der Waals surface area (Å²) in [6.07, 6.45) is 9.09. The molecule has 0 aromatic rings. The second-order valence-corrected chi connectivity index (χ2v) is 4.07. The van der Waals surface area contributed by atoms with Crippen molar-refractivity contribution in [2.24, 2.45) is 0 Å². The van der Waals surface area contributed by atoms with Gasteiger partial charge in [0.15, 0.2) is 6.29 Å². The van der Waals surface area contributed by atoms with Crippen LogP contribution in [0.15, 0.2) is 23.3 Å². The summed E-state index contributed by atoms with van der Waals surface area (Å²) in [5.74, 6) is 0. The van der Waals surface area contributed by atoms with Crippen molar-refractivity contribution in [3.63, 3.8) is 0 Å². The van der Waals surface area contributed by atoms with Crippen LogP contribution in [0.1, 0.15) is 46.5 Å². The van der Waals surface area contributed by atoms with Gasteiger partial charge in [-0.25, -0.2) is 0 Å². The van der Waals surface area contributed by atoms with Gasteiger partial charge in [0, 0.05) is 14.2 Å². The van der Waals surface area contributed by atoms with Gasteiger partial charge in [-0.15, -0.1) is 0 Å². The van der Waals surface area contributed by atoms with Gasteiger partial charge in [-0.3, -0.25) is 0 Å². The largest absolute Gasteiger partial charge is 0.352 e. The van der Waals surface area contributed by atoms with Gasteiger partial charge in [-0.05, 0) is 38.3 Å². The predicted molar refractivity (Wildman–Crippen MR) is 69.5 cm³/mol. The highest BCUT2D eigenvalue weighted by molar-refractivity contribution is 5.27. The molecule has 2 heteroatoms. The van der Waals surface area contributed by atoms with Crippen LogP contribution in [-0.4, -0.2) is 20.5 Å². The van der Waals surface area contributed by atoms with Crippen LogP contribution in [0.25, 0.3) is 0 Å². The van der Waals surface area contributed by atoms with Crippen LogP contribution in [0.2, 0.25) is 0 Å². The summed E-state index contributed by atoms with van der Waals surface area (Å²) in [4.78, 5) is 0. The van der Waals surface area contributed by atoms with E-state index < -0.39 is 0 Å². The first-order valence-electron chi connectivity index (χ1n) is 6.06. The van der Waals surface area contributed by atoms with Crippen LogP contribution < -0.4 is 0 Å². The van der Waals surface area contributed by atoms with Crippen molar-refractivity contribution in [1.82, 2.24) is 0 Å². The van der Waals surface area contributed by atoms with Crippen molar-refractivity contribution in [1.29, 1.82) is 0 Å². The molecule has 0 aliphatic rings. The SMILES string of the molecule is CCCCC/C=C(C)/C(C)=C/C(OC)OC. The molecule has 0 atom stereocenters. The number of methoxy groups -OCH3 is 2. The maximum atomic E-state index is 5.14. The lowest BCUT2D eigenvalue weighted by Crippen LogP contribution is -2.09. The average molecular weight is 226 g/mol. The molecule has 0 aromatic heterocycles. The maximum absolute atomic E-state index is 5.14. The topological polar surface area (TPSA) is 18.5 Å². The molecule has 0 aliphatic carbocycles. The summed E-state index contributed by atoms with van der Waals surface area (Å²) in [6.45, 7) is 6.46. The normalized spacial score (nSPS) is 13.6. The molecule has 0 bridgehead atoms. The molecule has 0 heterocycles. The zero-order chi connectivity index (χ0) is 12.4. The van der Waals surface area contributed by atoms with E-state index in [0.29, 0.717) is 0 Å². The van der Waals surface area contributed by atoms with Gasteiger partial charge in [-0.1, -0.05) is 31.4 Å². The average Bonchev–Trinajstić information content (AvgIpc) is 2.30. The van der Waals surface area contributed by atoms with Gasteiger partial charge in [0.1, 0.15) is 0 Å². The lowest BCUT2D eigenvalue weighted by molar-refractivity contribution is -0.0670. The van der Waals surface area contributed by atoms with Gasteiger partial charge in [0.05, 0.1) is 0 Å². The highest BCUT2D eigenvalue weighted by atomic mass is 16.7. The Morgan fingerprint density at radius 3 is 2.19 bits per heavy atom. The molecule has 0 rings (SSSR count). The summed E-state index contributed by atoms with van der Waals surface area (Å²) in [5, 5.41) is 0. The molecule has 0 saturated heterocycles. The summed E-state index contributed by atoms with van der Waals surface area (Å²) in [6, 6.07) is 0. The van der Waals surface area contributed by atoms with E-state index >= 15 is 0 Å². The fraction of sp³-hybridized carbons (Fsp3) is 0.714. The molecule has 0 spiro atoms. The standard InChI is InChI=1S/C14H26O2/c1-6-7-8-9-10-12(2)13(3)11-14(15-4)16-5/h10-11,14H,6-9H2,1-5H3/b12-10+,13-11+. The number of hydrogen-bond acceptors (Lipinski definition) is 2. The maximum Gasteiger partial charge on any atom is 0.176 e. The van der Waals surface area contributed by atoms with Crippen LogP contribution in [-0.2, 0) is 9.47 Å². The Balaban J connectivity index is 4.18. The minimum atomic E-state index is -0.237. The van der Waals surface area contributed by atoms with Gasteiger partial charge in [0.2, 0.25) is 0 Å². The van der Waals surface area contributed by atoms with E-state index in [0.717, 1.165) is 6.42 Å². The molecule has 0 saturated carbocycles. The molecule has 16 heavy (non-hydrogen) atoms. The molecule has 0 amide bonds. The molecular formula is C14H26O2. The minimum absolute atomic E-state index is 0.237. The Kier molecular flexibility index (Phi) is 9.25. The molecular weight excluding hydrogens is 200 g/mol. The number of ether oxygens (including phenoxy) is 2. The van der Waals surface area contributed by atoms with E-state index in [9.17, 15) is 0 Å². The fourth-order valence-corrected chi connectivity index (χ4v) is 1.44. The van der Waals surface area contributed by atoms with Crippen molar-refractivity contribution in [2.45, 2.75) is 52.7 Å². The number of unbranched alkanes of at least 4 members (excludes halogenated alkanes) is 3. The van der Waals surface area contributed by atoms with Crippen LogP contribution >= 0.6 is 0 Å². The Labute approximate surface area is 100 Å². The summed E-state index contributed by atoms with van der Waals surface area (Å²) >= 11 is 0. The minimum Gasteiger partial charge on any atom is -0.352 e. The Hall–Kier alpha value is -0.600. The van der Waals surface area contributed by atoms with Gasteiger partial charge in [0.25, 0.3) is 0 Å². The third-order valence-electron chi connectivity index (χ3n) is 2.73. The third-order valence-corrected chi connectivity index (χ3v) is 2.73. The molecule has 0 aliphatic heterocycles. The van der Waals surface area contributed by atoms with Crippen LogP contribution in [0, 0.1) is 0 Å². The Morgan fingerprint density at radius 2 is 1.69 bits per heavy atom. The molecule has 0 N–H and O–H groups in total. The molecule has 2 nitrogen and oxygen atoms in total. The highest BCUT2D eigenvalue weighted by Crippen LogP contribution is 2.13. The Morgan fingerprint density at radius 1 is 1.06 bits per heavy atom. The van der Waals surface area contributed by atoms with Crippen molar-refractivity contribution in [3.05, 3.63) is 23.3 Å². The van der Waals surface area contributed by atoms with E-state index in [-0.39, 0.29) is 6.29 Å². The van der Waals surface area contributed by atoms with Crippen LogP contribution in [0.5, 0.6) is 0 Å². The molecule has 0 radical (unpaired) electrons. The van der Waals surface area contributed by atoms with E-state index in [2.05, 4.69) is 26.8 Å². The van der Waals surface area contributed by atoms with E-state index in [4.69, 9.17) is 9.47 Å². The fourth-order valence-electron chi connectivity index (χ4n) is 1.44. The number of allylic oxidation sites excluding steroid dienone is 3. The zero-order valence-corrected chi connectivity index (χ0v) is 11.4. The second kappa shape index (κ2) is 9.61. The molecule has 0 fully saturated rings. The van der Waals surface area contributed by atoms with Crippen LogP contribution in [0.4, 0.5) is 0 Å². The third kappa shape index (κ3) is 6.81. The summed E-state index contributed by atoms with van der Waals surface area (Å²) in [7, 11) is 3.30. The van der Waals surface area contributed by atoms with Gasteiger partial charge in [-0.2, -0.15) is 0 Å². The van der Waals surface area contributed by atoms with Crippen molar-refractivity contribution < 1.29 is 9.47 Å². The molecule has 0 aromatic carbocycles. The Bertz CT molecular complexity index is 225. The van der Waals surface area contributed by atoms with E-state index in [1.807, 2.05) is 6.08 Å². The number of hydrogen-bond donors (Lipinski definition) is 0. The van der Waals surface area contributed by atoms with Gasteiger partial charge >= 0.3 is 0 Å². The number of rotatable bonds is 8. The zero-order valence-electron chi connectivity index (χ0n) is 11.4. The van der Waals surface area contributed by atoms with Crippen LogP contribution in [0.3, 0.4) is 0 Å². The molecule has 94 valence electrons. The predicted octanol–water partition coefficient (Wildman–Crippen LogP) is 4.08. The quantitative estimate of drug-likeness (QED) is 0.353. The highest BCUT2D eigenvalue weighted by Gasteiger charge is 2.01. The first-order valence-corrected chi connectivity index (χ1v) is 6.06. The summed E-state index contributed by atoms with van der Waals surface area (Å²) in [5.41, 5.74) is 2.54. The van der Waals surface area contributed by atoms with Crippen molar-refractivity contribution >= 4 is 0 Å². The van der Waals surface area contributed by atoms with E-state index in [1.54, 1.807) is 14.2 Å². The second-order valence-electron chi connectivity index (χ2n) is 4.07. The van der Waals surface area contributed by atoms with E-state index in [1.165, 1.54) is 30.4 Å². The lowest BCUT2D eigenvalue weighted by Gasteiger charge is -2.10. The molecule has 0 unspecified atom stereocenters. The summed E-state index contributed by atoms with van der Waals surface area (Å²) < 4.78 is 10.3.